The van der Waals surface area contributed by atoms with Crippen LogP contribution in [0.25, 0.3) is 0 Å². The second kappa shape index (κ2) is 5.10. The van der Waals surface area contributed by atoms with Crippen molar-refractivity contribution in [2.24, 2.45) is 5.73 Å². The third kappa shape index (κ3) is 2.70. The van der Waals surface area contributed by atoms with Gasteiger partial charge in [-0.2, -0.15) is 0 Å². The molecule has 2 fully saturated rings. The molecular formula is C15H19N5S. The number of rotatable bonds is 5. The van der Waals surface area contributed by atoms with Gasteiger partial charge in [0.25, 0.3) is 0 Å². The molecule has 2 aromatic rings. The van der Waals surface area contributed by atoms with Crippen LogP contribution in [0.4, 0.5) is 0 Å². The lowest BCUT2D eigenvalue weighted by atomic mass is 10.2. The summed E-state index contributed by atoms with van der Waals surface area (Å²) in [5, 5.41) is 10.8. The predicted octanol–water partition coefficient (Wildman–Crippen LogP) is 3.06. The summed E-state index contributed by atoms with van der Waals surface area (Å²) in [6, 6.07) is 4.70. The van der Waals surface area contributed by atoms with Gasteiger partial charge in [-0.05, 0) is 56.0 Å². The largest absolute Gasteiger partial charge is 0.324 e. The zero-order valence-corrected chi connectivity index (χ0v) is 12.9. The molecule has 0 saturated heterocycles. The lowest BCUT2D eigenvalue weighted by Crippen LogP contribution is -2.05. The van der Waals surface area contributed by atoms with E-state index in [1.807, 2.05) is 25.3 Å². The minimum absolute atomic E-state index is 0.0214. The second-order valence-electron chi connectivity index (χ2n) is 6.04. The van der Waals surface area contributed by atoms with Gasteiger partial charge in [0.05, 0.1) is 0 Å². The molecule has 6 heteroatoms. The first-order valence-electron chi connectivity index (χ1n) is 7.56. The molecule has 0 aliphatic heterocycles. The van der Waals surface area contributed by atoms with E-state index in [0.717, 1.165) is 15.7 Å². The van der Waals surface area contributed by atoms with Gasteiger partial charge in [0.15, 0.2) is 5.16 Å². The Bertz CT molecular complexity index is 641. The highest BCUT2D eigenvalue weighted by atomic mass is 32.2. The fourth-order valence-corrected chi connectivity index (χ4v) is 3.32. The van der Waals surface area contributed by atoms with Gasteiger partial charge in [-0.25, -0.2) is 4.98 Å². The number of nitrogens with two attached hydrogens (primary N) is 1. The lowest BCUT2D eigenvalue weighted by molar-refractivity contribution is 0.626. The Morgan fingerprint density at radius 2 is 2.05 bits per heavy atom. The zero-order chi connectivity index (χ0) is 14.4. The summed E-state index contributed by atoms with van der Waals surface area (Å²) in [6.07, 6.45) is 6.88. The molecule has 0 amide bonds. The van der Waals surface area contributed by atoms with Crippen molar-refractivity contribution < 1.29 is 0 Å². The van der Waals surface area contributed by atoms with Crippen LogP contribution >= 0.6 is 11.8 Å². The summed E-state index contributed by atoms with van der Waals surface area (Å²) in [5.74, 6) is 1.83. The molecule has 21 heavy (non-hydrogen) atoms. The minimum atomic E-state index is 0.0214. The van der Waals surface area contributed by atoms with Crippen molar-refractivity contribution in [3.8, 4) is 0 Å². The second-order valence-corrected chi connectivity index (χ2v) is 7.02. The normalized spacial score (nSPS) is 19.7. The summed E-state index contributed by atoms with van der Waals surface area (Å²) in [7, 11) is 0. The zero-order valence-electron chi connectivity index (χ0n) is 12.1. The standard InChI is InChI=1S/C15H19N5S/c1-9(16)11-4-7-13(17-8-11)21-15-19-18-14(10-2-3-10)20(15)12-5-6-12/h4,7-10,12H,2-3,5-6,16H2,1H3/t9-/m0/s1. The van der Waals surface area contributed by atoms with E-state index in [9.17, 15) is 0 Å². The quantitative estimate of drug-likeness (QED) is 0.919. The van der Waals surface area contributed by atoms with Gasteiger partial charge in [-0.15, -0.1) is 10.2 Å². The Hall–Kier alpha value is -1.40. The third-order valence-corrected chi connectivity index (χ3v) is 4.94. The molecule has 2 aliphatic carbocycles. The molecule has 0 radical (unpaired) electrons. The summed E-state index contributed by atoms with van der Waals surface area (Å²) in [5.41, 5.74) is 6.92. The van der Waals surface area contributed by atoms with Crippen molar-refractivity contribution in [3.63, 3.8) is 0 Å². The van der Waals surface area contributed by atoms with Gasteiger partial charge in [-0.1, -0.05) is 6.07 Å². The Kier molecular flexibility index (Phi) is 3.23. The van der Waals surface area contributed by atoms with Crippen molar-refractivity contribution in [3.05, 3.63) is 29.7 Å². The highest BCUT2D eigenvalue weighted by Gasteiger charge is 2.36. The number of aromatic nitrogens is 4. The lowest BCUT2D eigenvalue weighted by Gasteiger charge is -2.08. The van der Waals surface area contributed by atoms with E-state index in [4.69, 9.17) is 5.73 Å². The van der Waals surface area contributed by atoms with Crippen LogP contribution in [0, 0.1) is 0 Å². The molecule has 2 saturated carbocycles. The average Bonchev–Trinajstić information content (AvgIpc) is 3.39. The van der Waals surface area contributed by atoms with Crippen molar-refractivity contribution in [2.75, 3.05) is 0 Å². The number of nitrogens with zero attached hydrogens (tertiary/aromatic N) is 4. The summed E-state index contributed by atoms with van der Waals surface area (Å²) < 4.78 is 2.35. The Morgan fingerprint density at radius 1 is 1.24 bits per heavy atom. The molecule has 1 atom stereocenters. The highest BCUT2D eigenvalue weighted by Crippen LogP contribution is 2.46. The first-order chi connectivity index (χ1) is 10.2. The fourth-order valence-electron chi connectivity index (χ4n) is 2.47. The van der Waals surface area contributed by atoms with Crippen LogP contribution in [0.1, 0.15) is 62.0 Å². The molecule has 0 bridgehead atoms. The van der Waals surface area contributed by atoms with Crippen LogP contribution in [-0.2, 0) is 0 Å². The maximum absolute atomic E-state index is 5.86. The third-order valence-electron chi connectivity index (χ3n) is 4.03. The molecule has 110 valence electrons. The molecular weight excluding hydrogens is 282 g/mol. The first-order valence-corrected chi connectivity index (χ1v) is 8.38. The summed E-state index contributed by atoms with van der Waals surface area (Å²) in [6.45, 7) is 1.97. The molecule has 4 rings (SSSR count). The highest BCUT2D eigenvalue weighted by molar-refractivity contribution is 7.99. The smallest absolute Gasteiger partial charge is 0.197 e. The Morgan fingerprint density at radius 3 is 2.62 bits per heavy atom. The van der Waals surface area contributed by atoms with Crippen molar-refractivity contribution in [1.29, 1.82) is 0 Å². The van der Waals surface area contributed by atoms with Gasteiger partial charge < -0.3 is 10.3 Å². The van der Waals surface area contributed by atoms with Gasteiger partial charge in [0.1, 0.15) is 10.9 Å². The molecule has 2 N–H and O–H groups in total. The number of pyridine rings is 1. The topological polar surface area (TPSA) is 69.6 Å². The van der Waals surface area contributed by atoms with E-state index in [-0.39, 0.29) is 6.04 Å². The van der Waals surface area contributed by atoms with Crippen LogP contribution in [0.15, 0.2) is 28.5 Å². The first kappa shape index (κ1) is 13.3. The molecule has 0 spiro atoms. The monoisotopic (exact) mass is 301 g/mol. The van der Waals surface area contributed by atoms with Crippen molar-refractivity contribution >= 4 is 11.8 Å². The summed E-state index contributed by atoms with van der Waals surface area (Å²) in [4.78, 5) is 4.49. The van der Waals surface area contributed by atoms with Gasteiger partial charge in [0, 0.05) is 24.2 Å². The average molecular weight is 301 g/mol. The molecule has 0 aromatic carbocycles. The van der Waals surface area contributed by atoms with Crippen LogP contribution in [0.2, 0.25) is 0 Å². The van der Waals surface area contributed by atoms with E-state index in [1.165, 1.54) is 31.5 Å². The van der Waals surface area contributed by atoms with E-state index >= 15 is 0 Å². The number of hydrogen-bond acceptors (Lipinski definition) is 5. The maximum atomic E-state index is 5.86. The van der Waals surface area contributed by atoms with Crippen LogP contribution in [-0.4, -0.2) is 19.7 Å². The van der Waals surface area contributed by atoms with Gasteiger partial charge in [0.2, 0.25) is 0 Å². The van der Waals surface area contributed by atoms with E-state index in [2.05, 4.69) is 19.7 Å². The van der Waals surface area contributed by atoms with Gasteiger partial charge >= 0.3 is 0 Å². The summed E-state index contributed by atoms with van der Waals surface area (Å²) >= 11 is 1.61. The van der Waals surface area contributed by atoms with Crippen LogP contribution in [0.5, 0.6) is 0 Å². The number of hydrogen-bond donors (Lipinski definition) is 1. The van der Waals surface area contributed by atoms with E-state index < -0.39 is 0 Å². The minimum Gasteiger partial charge on any atom is -0.324 e. The Labute approximate surface area is 128 Å². The molecule has 0 unspecified atom stereocenters. The molecule has 2 aliphatic rings. The van der Waals surface area contributed by atoms with E-state index in [1.54, 1.807) is 11.8 Å². The van der Waals surface area contributed by atoms with E-state index in [0.29, 0.717) is 12.0 Å². The van der Waals surface area contributed by atoms with Crippen molar-refractivity contribution in [2.45, 2.75) is 60.8 Å². The molecule has 2 heterocycles. The fraction of sp³-hybridized carbons (Fsp3) is 0.533. The Balaban J connectivity index is 1.59. The maximum Gasteiger partial charge on any atom is 0.197 e. The predicted molar refractivity (Wildman–Crippen MR) is 81.2 cm³/mol. The van der Waals surface area contributed by atoms with Crippen LogP contribution in [0.3, 0.4) is 0 Å². The molecule has 2 aromatic heterocycles. The van der Waals surface area contributed by atoms with Crippen LogP contribution < -0.4 is 5.73 Å². The molecule has 5 nitrogen and oxygen atoms in total. The van der Waals surface area contributed by atoms with Crippen molar-refractivity contribution in [1.82, 2.24) is 19.7 Å². The van der Waals surface area contributed by atoms with Gasteiger partial charge in [-0.3, -0.25) is 0 Å². The SMILES string of the molecule is C[C@H](N)c1ccc(Sc2nnc(C3CC3)n2C2CC2)nc1.